The van der Waals surface area contributed by atoms with Gasteiger partial charge in [0.05, 0.1) is 10.5 Å². The molecule has 2 N–H and O–H groups in total. The van der Waals surface area contributed by atoms with Crippen molar-refractivity contribution in [3.63, 3.8) is 0 Å². The van der Waals surface area contributed by atoms with Gasteiger partial charge in [0.25, 0.3) is 11.8 Å². The zero-order valence-electron chi connectivity index (χ0n) is 16.7. The lowest BCUT2D eigenvalue weighted by Crippen LogP contribution is -2.44. The molecule has 2 heterocycles. The molecule has 7 nitrogen and oxygen atoms in total. The van der Waals surface area contributed by atoms with Crippen LogP contribution in [0.3, 0.4) is 0 Å². The molecule has 0 atom stereocenters. The van der Waals surface area contributed by atoms with Crippen molar-refractivity contribution in [1.82, 2.24) is 10.4 Å². The number of carbonyl (C=O) groups excluding carboxylic acids is 2. The van der Waals surface area contributed by atoms with E-state index in [1.165, 1.54) is 12.1 Å². The lowest BCUT2D eigenvalue weighted by atomic mass is 10.0. The molecule has 9 heteroatoms. The Morgan fingerprint density at radius 3 is 2.56 bits per heavy atom. The van der Waals surface area contributed by atoms with Crippen LogP contribution in [0.4, 0.5) is 0 Å². The van der Waals surface area contributed by atoms with Gasteiger partial charge in [0.1, 0.15) is 11.5 Å². The van der Waals surface area contributed by atoms with Crippen LogP contribution in [0.2, 0.25) is 0 Å². The van der Waals surface area contributed by atoms with E-state index in [1.807, 2.05) is 6.92 Å². The van der Waals surface area contributed by atoms with Gasteiger partial charge in [-0.25, -0.2) is 4.79 Å². The lowest BCUT2D eigenvalue weighted by molar-refractivity contribution is -0.123. The van der Waals surface area contributed by atoms with Crippen LogP contribution in [0.1, 0.15) is 32.0 Å². The van der Waals surface area contributed by atoms with E-state index in [0.29, 0.717) is 27.6 Å². The standard InChI is InChI=1S/C23H16N2O5S2/c1-13-7-8-15(22(28)29)11-17(13)18-10-9-16(30-18)12-19-21(27)25(23(31)32-19)24-20(26)14-5-3-2-4-6-14/h2-12H,1H3,(H,24,26)(H,28,29). The largest absolute Gasteiger partial charge is 0.478 e. The Balaban J connectivity index is 1.54. The monoisotopic (exact) mass is 464 g/mol. The number of thiocarbonyl (C=S) groups is 1. The fraction of sp³-hybridized carbons (Fsp3) is 0.0435. The summed E-state index contributed by atoms with van der Waals surface area (Å²) in [6.07, 6.45) is 1.54. The number of nitrogens with zero attached hydrogens (tertiary/aromatic N) is 1. The highest BCUT2D eigenvalue weighted by atomic mass is 32.2. The molecule has 1 aliphatic heterocycles. The number of thioether (sulfide) groups is 1. The second-order valence-corrected chi connectivity index (χ2v) is 8.54. The summed E-state index contributed by atoms with van der Waals surface area (Å²) in [4.78, 5) is 36.7. The quantitative estimate of drug-likeness (QED) is 0.424. The predicted octanol–water partition coefficient (Wildman–Crippen LogP) is 4.50. The molecular formula is C23H16N2O5S2. The maximum atomic E-state index is 12.8. The molecule has 0 spiro atoms. The van der Waals surface area contributed by atoms with E-state index in [2.05, 4.69) is 5.43 Å². The zero-order chi connectivity index (χ0) is 22.8. The third-order valence-electron chi connectivity index (χ3n) is 4.69. The number of carboxylic acids is 1. The molecule has 0 saturated carbocycles. The molecule has 4 rings (SSSR count). The second-order valence-electron chi connectivity index (χ2n) is 6.86. The van der Waals surface area contributed by atoms with Crippen LogP contribution in [0.25, 0.3) is 17.4 Å². The summed E-state index contributed by atoms with van der Waals surface area (Å²) in [5.74, 6) is -1.07. The van der Waals surface area contributed by atoms with E-state index in [-0.39, 0.29) is 9.88 Å². The molecule has 1 aliphatic rings. The number of nitrogens with one attached hydrogen (secondary N) is 1. The van der Waals surface area contributed by atoms with Crippen LogP contribution >= 0.6 is 24.0 Å². The molecule has 0 radical (unpaired) electrons. The van der Waals surface area contributed by atoms with Crippen LogP contribution in [0.15, 0.2) is 70.0 Å². The number of carboxylic acid groups (broad SMARTS) is 1. The Kier molecular flexibility index (Phi) is 5.93. The summed E-state index contributed by atoms with van der Waals surface area (Å²) in [7, 11) is 0. The Morgan fingerprint density at radius 1 is 1.09 bits per heavy atom. The second kappa shape index (κ2) is 8.81. The van der Waals surface area contributed by atoms with Crippen LogP contribution in [0.5, 0.6) is 0 Å². The smallest absolute Gasteiger partial charge is 0.335 e. The number of rotatable bonds is 5. The number of furan rings is 1. The highest BCUT2D eigenvalue weighted by Gasteiger charge is 2.34. The molecule has 32 heavy (non-hydrogen) atoms. The van der Waals surface area contributed by atoms with E-state index in [0.717, 1.165) is 22.3 Å². The van der Waals surface area contributed by atoms with Crippen LogP contribution in [0, 0.1) is 6.92 Å². The number of amides is 2. The lowest BCUT2D eigenvalue weighted by Gasteiger charge is -2.15. The normalized spacial score (nSPS) is 14.8. The first-order valence-electron chi connectivity index (χ1n) is 9.41. The molecule has 3 aromatic rings. The number of hydrogen-bond donors (Lipinski definition) is 2. The third-order valence-corrected chi connectivity index (χ3v) is 6.00. The van der Waals surface area contributed by atoms with Gasteiger partial charge in [-0.1, -0.05) is 36.0 Å². The van der Waals surface area contributed by atoms with Gasteiger partial charge in [-0.3, -0.25) is 15.0 Å². The first kappa shape index (κ1) is 21.5. The molecule has 1 aromatic heterocycles. The van der Waals surface area contributed by atoms with E-state index in [9.17, 15) is 19.5 Å². The number of hydrogen-bond acceptors (Lipinski definition) is 6. The Morgan fingerprint density at radius 2 is 1.84 bits per heavy atom. The minimum atomic E-state index is -1.03. The number of aromatic carboxylic acids is 1. The summed E-state index contributed by atoms with van der Waals surface area (Å²) >= 11 is 6.29. The highest BCUT2D eigenvalue weighted by Crippen LogP contribution is 2.33. The van der Waals surface area contributed by atoms with Crippen LogP contribution in [-0.2, 0) is 4.79 Å². The number of carbonyl (C=O) groups is 3. The molecule has 2 amide bonds. The Bertz CT molecular complexity index is 1280. The van der Waals surface area contributed by atoms with E-state index >= 15 is 0 Å². The first-order chi connectivity index (χ1) is 15.3. The van der Waals surface area contributed by atoms with Crippen LogP contribution in [-0.4, -0.2) is 32.2 Å². The fourth-order valence-corrected chi connectivity index (χ4v) is 4.20. The van der Waals surface area contributed by atoms with Gasteiger partial charge in [0.2, 0.25) is 0 Å². The van der Waals surface area contributed by atoms with Crippen molar-refractivity contribution in [2.24, 2.45) is 0 Å². The Hall–Kier alpha value is -3.69. The average molecular weight is 465 g/mol. The molecule has 160 valence electrons. The number of aryl methyl sites for hydroxylation is 1. The molecule has 1 saturated heterocycles. The van der Waals surface area contributed by atoms with Gasteiger partial charge in [0, 0.05) is 17.2 Å². The van der Waals surface area contributed by atoms with Crippen LogP contribution < -0.4 is 5.43 Å². The molecule has 0 aliphatic carbocycles. The maximum Gasteiger partial charge on any atom is 0.335 e. The van der Waals surface area contributed by atoms with E-state index in [4.69, 9.17) is 16.6 Å². The fourth-order valence-electron chi connectivity index (χ4n) is 3.04. The van der Waals surface area contributed by atoms with Gasteiger partial charge in [-0.05, 0) is 61.1 Å². The molecular weight excluding hydrogens is 448 g/mol. The molecule has 0 unspecified atom stereocenters. The summed E-state index contributed by atoms with van der Waals surface area (Å²) in [5, 5.41) is 10.3. The SMILES string of the molecule is Cc1ccc(C(=O)O)cc1-c1ccc(C=C2SC(=S)N(NC(=O)c3ccccc3)C2=O)o1. The minimum absolute atomic E-state index is 0.151. The molecule has 0 bridgehead atoms. The van der Waals surface area contributed by atoms with E-state index in [1.54, 1.807) is 54.6 Å². The number of hydrazine groups is 1. The topological polar surface area (TPSA) is 99.9 Å². The summed E-state index contributed by atoms with van der Waals surface area (Å²) in [6, 6.07) is 16.7. The minimum Gasteiger partial charge on any atom is -0.478 e. The summed E-state index contributed by atoms with van der Waals surface area (Å²) < 4.78 is 6.03. The number of benzene rings is 2. The summed E-state index contributed by atoms with van der Waals surface area (Å²) in [6.45, 7) is 1.85. The van der Waals surface area contributed by atoms with Crippen molar-refractivity contribution >= 4 is 52.2 Å². The van der Waals surface area contributed by atoms with Gasteiger partial charge < -0.3 is 9.52 Å². The maximum absolute atomic E-state index is 12.8. The average Bonchev–Trinajstić information content (AvgIpc) is 3.34. The third kappa shape index (κ3) is 4.34. The van der Waals surface area contributed by atoms with Crippen molar-refractivity contribution in [2.75, 3.05) is 0 Å². The molecule has 2 aromatic carbocycles. The zero-order valence-corrected chi connectivity index (χ0v) is 18.3. The van der Waals surface area contributed by atoms with Gasteiger partial charge in [-0.2, -0.15) is 5.01 Å². The van der Waals surface area contributed by atoms with Crippen molar-refractivity contribution < 1.29 is 23.9 Å². The summed E-state index contributed by atoms with van der Waals surface area (Å²) in [5.41, 5.74) is 4.57. The van der Waals surface area contributed by atoms with Gasteiger partial charge >= 0.3 is 5.97 Å². The van der Waals surface area contributed by atoms with Crippen molar-refractivity contribution in [2.45, 2.75) is 6.92 Å². The van der Waals surface area contributed by atoms with E-state index < -0.39 is 17.8 Å². The highest BCUT2D eigenvalue weighted by molar-refractivity contribution is 8.26. The van der Waals surface area contributed by atoms with Gasteiger partial charge in [-0.15, -0.1) is 0 Å². The predicted molar refractivity (Wildman–Crippen MR) is 125 cm³/mol. The molecule has 1 fully saturated rings. The van der Waals surface area contributed by atoms with Crippen molar-refractivity contribution in [3.05, 3.63) is 88.0 Å². The first-order valence-corrected chi connectivity index (χ1v) is 10.6. The Labute approximate surface area is 192 Å². The van der Waals surface area contributed by atoms with Crippen molar-refractivity contribution in [3.8, 4) is 11.3 Å². The van der Waals surface area contributed by atoms with Crippen molar-refractivity contribution in [1.29, 1.82) is 0 Å². The van der Waals surface area contributed by atoms with Gasteiger partial charge in [0.15, 0.2) is 4.32 Å².